The maximum Gasteiger partial charge on any atom is 0.407 e. The van der Waals surface area contributed by atoms with Gasteiger partial charge in [-0.05, 0) is 62.5 Å². The number of methoxy groups -OCH3 is 1. The summed E-state index contributed by atoms with van der Waals surface area (Å²) in [5.74, 6) is -3.83. The van der Waals surface area contributed by atoms with Crippen molar-refractivity contribution >= 4 is 50.7 Å². The van der Waals surface area contributed by atoms with E-state index in [4.69, 9.17) is 14.2 Å². The van der Waals surface area contributed by atoms with Crippen molar-refractivity contribution < 1.29 is 51.7 Å². The third-order valence-electron chi connectivity index (χ3n) is 10.3. The van der Waals surface area contributed by atoms with Gasteiger partial charge in [-0.15, -0.1) is 6.58 Å². The van der Waals surface area contributed by atoms with Crippen molar-refractivity contribution in [2.75, 3.05) is 20.3 Å². The number of alkyl carbamates (subject to hydrolysis) is 1. The van der Waals surface area contributed by atoms with E-state index in [0.717, 1.165) is 12.0 Å². The molecule has 17 heteroatoms. The van der Waals surface area contributed by atoms with Gasteiger partial charge in [0.05, 0.1) is 31.0 Å². The van der Waals surface area contributed by atoms with Crippen molar-refractivity contribution in [1.82, 2.24) is 25.2 Å². The molecule has 4 amide bonds. The zero-order chi connectivity index (χ0) is 38.2. The standard InChI is InChI=1S/C36H45N5O11S/c1-5-21-17-36(21,34(46)40-53(48,49)23-10-11-23)39-31(42)27-14-22-18-41(27)32(43)30(19(2)3)38-35(47)51-12-8-6-7-9-20-13-24-25(15-28(20)50-4)37-26(33(44)45)16-29(24)52-22/h5,13,15-16,19,21-23,27,30H,1,6-12,14,17-18H2,2-4H3,(H,38,47)(H,39,42)(H,40,46)(H,44,45)/t21-,22+,27-,30-,36+/m0/s1. The van der Waals surface area contributed by atoms with Crippen LogP contribution in [0.3, 0.4) is 0 Å². The van der Waals surface area contributed by atoms with Gasteiger partial charge in [-0.3, -0.25) is 19.1 Å². The van der Waals surface area contributed by atoms with Crippen LogP contribution in [0.15, 0.2) is 30.9 Å². The first-order chi connectivity index (χ1) is 25.2. The maximum absolute atomic E-state index is 14.3. The van der Waals surface area contributed by atoms with Crippen LogP contribution in [-0.4, -0.2) is 102 Å². The molecular weight excluding hydrogens is 710 g/mol. The quantitative estimate of drug-likeness (QED) is 0.271. The highest BCUT2D eigenvalue weighted by atomic mass is 32.2. The molecule has 1 saturated heterocycles. The van der Waals surface area contributed by atoms with Crippen molar-refractivity contribution in [3.05, 3.63) is 42.1 Å². The summed E-state index contributed by atoms with van der Waals surface area (Å²) in [7, 11) is -2.43. The number of amides is 4. The summed E-state index contributed by atoms with van der Waals surface area (Å²) in [4.78, 5) is 72.6. The zero-order valence-electron chi connectivity index (χ0n) is 29.9. The van der Waals surface area contributed by atoms with E-state index in [0.29, 0.717) is 48.8 Å². The summed E-state index contributed by atoms with van der Waals surface area (Å²) >= 11 is 0. The number of nitrogens with one attached hydrogen (secondary N) is 3. The molecule has 1 aromatic carbocycles. The Morgan fingerprint density at radius 1 is 1.17 bits per heavy atom. The number of hydrogen-bond acceptors (Lipinski definition) is 11. The smallest absolute Gasteiger partial charge is 0.407 e. The molecule has 4 bridgehead atoms. The third kappa shape index (κ3) is 7.89. The summed E-state index contributed by atoms with van der Waals surface area (Å²) in [5.41, 5.74) is -0.758. The van der Waals surface area contributed by atoms with Crippen molar-refractivity contribution in [2.45, 2.75) is 94.2 Å². The van der Waals surface area contributed by atoms with Gasteiger partial charge in [0.1, 0.15) is 35.2 Å². The second-order valence-electron chi connectivity index (χ2n) is 14.5. The number of fused-ring (bicyclic) bond motifs is 3. The molecule has 5 atom stereocenters. The first-order valence-corrected chi connectivity index (χ1v) is 19.4. The van der Waals surface area contributed by atoms with Crippen LogP contribution in [0, 0.1) is 11.8 Å². The summed E-state index contributed by atoms with van der Waals surface area (Å²) in [6.45, 7) is 7.17. The number of cyclic esters (lactones) is 1. The Kier molecular flexibility index (Phi) is 10.6. The fraction of sp³-hybridized carbons (Fsp3) is 0.556. The number of aryl methyl sites for hydroxylation is 1. The van der Waals surface area contributed by atoms with E-state index >= 15 is 0 Å². The van der Waals surface area contributed by atoms with Gasteiger partial charge in [-0.2, -0.15) is 0 Å². The number of carboxylic acid groups (broad SMARTS) is 1. The number of benzene rings is 1. The Labute approximate surface area is 307 Å². The van der Waals surface area contributed by atoms with Gasteiger partial charge < -0.3 is 34.9 Å². The van der Waals surface area contributed by atoms with Crippen molar-refractivity contribution in [3.8, 4) is 11.5 Å². The maximum atomic E-state index is 14.3. The molecule has 4 N–H and O–H groups in total. The molecule has 53 heavy (non-hydrogen) atoms. The molecule has 0 radical (unpaired) electrons. The summed E-state index contributed by atoms with van der Waals surface area (Å²) in [6.07, 6.45) is 3.28. The number of aromatic nitrogens is 1. The second kappa shape index (κ2) is 14.8. The number of aromatic carboxylic acids is 1. The van der Waals surface area contributed by atoms with Gasteiger partial charge in [0.15, 0.2) is 5.69 Å². The van der Waals surface area contributed by atoms with Crippen LogP contribution < -0.4 is 24.8 Å². The number of ether oxygens (including phenoxy) is 3. The Balaban J connectivity index is 1.37. The van der Waals surface area contributed by atoms with E-state index in [1.165, 1.54) is 24.2 Å². The van der Waals surface area contributed by atoms with Crippen LogP contribution in [-0.2, 0) is 35.6 Å². The van der Waals surface area contributed by atoms with Crippen LogP contribution in [0.5, 0.6) is 11.5 Å². The van der Waals surface area contributed by atoms with Gasteiger partial charge >= 0.3 is 12.1 Å². The van der Waals surface area contributed by atoms with Gasteiger partial charge in [0.2, 0.25) is 21.8 Å². The average Bonchev–Trinajstić information content (AvgIpc) is 4.04. The lowest BCUT2D eigenvalue weighted by Gasteiger charge is -2.31. The lowest BCUT2D eigenvalue weighted by Crippen LogP contribution is -2.59. The minimum absolute atomic E-state index is 0.0844. The van der Waals surface area contributed by atoms with E-state index in [2.05, 4.69) is 26.9 Å². The molecule has 2 aliphatic carbocycles. The van der Waals surface area contributed by atoms with E-state index in [9.17, 15) is 37.5 Å². The molecule has 3 heterocycles. The highest BCUT2D eigenvalue weighted by Gasteiger charge is 2.62. The number of carboxylic acids is 1. The van der Waals surface area contributed by atoms with Crippen LogP contribution in [0.2, 0.25) is 0 Å². The highest BCUT2D eigenvalue weighted by Crippen LogP contribution is 2.45. The number of nitrogens with zero attached hydrogens (tertiary/aromatic N) is 2. The summed E-state index contributed by atoms with van der Waals surface area (Å²) in [6, 6.07) is 2.43. The number of hydrogen-bond donors (Lipinski definition) is 4. The first-order valence-electron chi connectivity index (χ1n) is 17.8. The van der Waals surface area contributed by atoms with Gasteiger partial charge in [0, 0.05) is 29.9 Å². The van der Waals surface area contributed by atoms with E-state index in [1.807, 2.05) is 6.07 Å². The van der Waals surface area contributed by atoms with E-state index in [-0.39, 0.29) is 37.4 Å². The number of carbonyl (C=O) groups is 5. The lowest BCUT2D eigenvalue weighted by atomic mass is 10.0. The van der Waals surface area contributed by atoms with E-state index in [1.54, 1.807) is 19.9 Å². The van der Waals surface area contributed by atoms with Crippen LogP contribution in [0.4, 0.5) is 4.79 Å². The van der Waals surface area contributed by atoms with Crippen LogP contribution >= 0.6 is 0 Å². The molecule has 0 spiro atoms. The zero-order valence-corrected chi connectivity index (χ0v) is 30.7. The Morgan fingerprint density at radius 3 is 2.57 bits per heavy atom. The molecule has 4 aliphatic rings. The second-order valence-corrected chi connectivity index (χ2v) is 16.4. The average molecular weight is 756 g/mol. The predicted octanol–water partition coefficient (Wildman–Crippen LogP) is 2.44. The highest BCUT2D eigenvalue weighted by molar-refractivity contribution is 7.91. The monoisotopic (exact) mass is 755 g/mol. The predicted molar refractivity (Wildman–Crippen MR) is 190 cm³/mol. The van der Waals surface area contributed by atoms with Crippen LogP contribution in [0.25, 0.3) is 10.9 Å². The number of sulfonamides is 1. The molecule has 6 rings (SSSR count). The fourth-order valence-corrected chi connectivity index (χ4v) is 8.42. The molecule has 2 aliphatic heterocycles. The molecule has 1 aromatic heterocycles. The summed E-state index contributed by atoms with van der Waals surface area (Å²) < 4.78 is 44.9. The number of carbonyl (C=O) groups excluding carboxylic acids is 4. The van der Waals surface area contributed by atoms with Crippen molar-refractivity contribution in [1.29, 1.82) is 0 Å². The molecule has 2 aromatic rings. The summed E-state index contributed by atoms with van der Waals surface area (Å²) in [5, 5.41) is 15.1. The fourth-order valence-electron chi connectivity index (χ4n) is 7.05. The van der Waals surface area contributed by atoms with Crippen molar-refractivity contribution in [2.24, 2.45) is 11.8 Å². The SMILES string of the molecule is C=C[C@H]1C[C@]1(NC(=O)[C@@H]1C[C@@H]2CN1C(=O)[C@H](C(C)C)NC(=O)OCCCCCc1cc3c(cc(C(=O)O)nc3cc1OC)O2)C(=O)NS(=O)(=O)C1CC1. The van der Waals surface area contributed by atoms with Gasteiger partial charge in [-0.25, -0.2) is 23.0 Å². The van der Waals surface area contributed by atoms with E-state index < -0.39 is 80.6 Å². The minimum atomic E-state index is -3.93. The Hall–Kier alpha value is -4.93. The normalized spacial score (nSPS) is 26.5. The first kappa shape index (κ1) is 37.8. The Morgan fingerprint density at radius 2 is 1.92 bits per heavy atom. The molecule has 2 saturated carbocycles. The third-order valence-corrected chi connectivity index (χ3v) is 12.1. The lowest BCUT2D eigenvalue weighted by molar-refractivity contribution is -0.141. The van der Waals surface area contributed by atoms with Gasteiger partial charge in [0.25, 0.3) is 5.91 Å². The van der Waals surface area contributed by atoms with Crippen molar-refractivity contribution in [3.63, 3.8) is 0 Å². The minimum Gasteiger partial charge on any atom is -0.496 e. The van der Waals surface area contributed by atoms with Gasteiger partial charge in [-0.1, -0.05) is 19.9 Å². The Bertz CT molecular complexity index is 1950. The molecule has 3 fully saturated rings. The number of rotatable bonds is 9. The molecular formula is C36H45N5O11S. The topological polar surface area (TPSA) is 220 Å². The molecule has 16 nitrogen and oxygen atoms in total. The van der Waals surface area contributed by atoms with Crippen LogP contribution in [0.1, 0.15) is 74.8 Å². The molecule has 0 unspecified atom stereocenters. The number of pyridine rings is 1. The largest absolute Gasteiger partial charge is 0.496 e. The molecule has 286 valence electrons.